The molecule has 0 saturated carbocycles. The van der Waals surface area contributed by atoms with E-state index in [4.69, 9.17) is 19.4 Å². The Morgan fingerprint density at radius 1 is 0.512 bits per heavy atom. The molecule has 1 aliphatic heterocycles. The van der Waals surface area contributed by atoms with E-state index in [0.29, 0.717) is 23.1 Å². The smallest absolute Gasteiger partial charge is 0.179 e. The van der Waals surface area contributed by atoms with Crippen LogP contribution in [0.15, 0.2) is 115 Å². The van der Waals surface area contributed by atoms with E-state index in [-0.39, 0.29) is 5.41 Å². The number of nitrogens with zero attached hydrogens (tertiary/aromatic N) is 3. The van der Waals surface area contributed by atoms with Crippen molar-refractivity contribution in [2.45, 2.75) is 19.3 Å². The van der Waals surface area contributed by atoms with Crippen LogP contribution in [-0.4, -0.2) is 15.0 Å². The predicted molar refractivity (Wildman–Crippen MR) is 160 cm³/mol. The van der Waals surface area contributed by atoms with Crippen molar-refractivity contribution < 1.29 is 9.47 Å². The summed E-state index contributed by atoms with van der Waals surface area (Å²) < 4.78 is 12.9. The maximum Gasteiger partial charge on any atom is 0.179 e. The van der Waals surface area contributed by atoms with Gasteiger partial charge in [-0.2, -0.15) is 0 Å². The lowest BCUT2D eigenvalue weighted by molar-refractivity contribution is 0.359. The van der Waals surface area contributed by atoms with Crippen LogP contribution in [0.1, 0.15) is 25.0 Å². The Labute approximate surface area is 238 Å². The second-order valence-corrected chi connectivity index (χ2v) is 10.9. The van der Waals surface area contributed by atoms with Crippen LogP contribution in [0.4, 0.5) is 0 Å². The van der Waals surface area contributed by atoms with Gasteiger partial charge in [0.1, 0.15) is 5.69 Å². The van der Waals surface area contributed by atoms with E-state index >= 15 is 0 Å². The van der Waals surface area contributed by atoms with Crippen molar-refractivity contribution in [3.8, 4) is 68.2 Å². The van der Waals surface area contributed by atoms with Crippen LogP contribution < -0.4 is 9.47 Å². The summed E-state index contributed by atoms with van der Waals surface area (Å²) in [4.78, 5) is 14.3. The molecule has 2 aromatic heterocycles. The first-order valence-electron chi connectivity index (χ1n) is 13.7. The first-order valence-corrected chi connectivity index (χ1v) is 13.7. The number of aromatic nitrogens is 3. The Morgan fingerprint density at radius 3 is 2.05 bits per heavy atom. The molecule has 5 heteroatoms. The Kier molecular flexibility index (Phi) is 5.10. The average molecular weight is 532 g/mol. The summed E-state index contributed by atoms with van der Waals surface area (Å²) >= 11 is 0. The van der Waals surface area contributed by atoms with Crippen molar-refractivity contribution in [1.29, 1.82) is 0 Å². The van der Waals surface area contributed by atoms with Crippen molar-refractivity contribution in [3.63, 3.8) is 0 Å². The van der Waals surface area contributed by atoms with Gasteiger partial charge in [0.15, 0.2) is 28.8 Å². The number of hydrogen-bond donors (Lipinski definition) is 0. The molecule has 2 aliphatic rings. The molecular weight excluding hydrogens is 506 g/mol. The molecule has 0 saturated heterocycles. The molecule has 0 radical (unpaired) electrons. The first-order chi connectivity index (χ1) is 20.0. The lowest BCUT2D eigenvalue weighted by Gasteiger charge is -2.25. The van der Waals surface area contributed by atoms with Crippen molar-refractivity contribution in [2.75, 3.05) is 0 Å². The van der Waals surface area contributed by atoms with Gasteiger partial charge in [0.25, 0.3) is 0 Å². The Balaban J connectivity index is 1.21. The quantitative estimate of drug-likeness (QED) is 0.228. The van der Waals surface area contributed by atoms with Gasteiger partial charge in [0, 0.05) is 22.7 Å². The van der Waals surface area contributed by atoms with Gasteiger partial charge in [0.2, 0.25) is 0 Å². The Morgan fingerprint density at radius 2 is 1.22 bits per heavy atom. The SMILES string of the molecule is CC1(C)c2ccccc2-c2cc3c(cc21)Oc1ccc(-c2cc(-c4ccccc4)nc(-c4ccccn4)n2)cc1O3. The normalized spacial score (nSPS) is 13.7. The third kappa shape index (κ3) is 3.81. The summed E-state index contributed by atoms with van der Waals surface area (Å²) in [7, 11) is 0. The van der Waals surface area contributed by atoms with Crippen LogP contribution in [0.25, 0.3) is 45.2 Å². The van der Waals surface area contributed by atoms with E-state index in [1.165, 1.54) is 22.3 Å². The summed E-state index contributed by atoms with van der Waals surface area (Å²) in [5, 5.41) is 0. The second kappa shape index (κ2) is 8.86. The van der Waals surface area contributed by atoms with E-state index in [2.05, 4.69) is 55.2 Å². The van der Waals surface area contributed by atoms with Crippen molar-refractivity contribution in [1.82, 2.24) is 15.0 Å². The Hall–Kier alpha value is -5.29. The minimum Gasteiger partial charge on any atom is -0.450 e. The molecule has 0 bridgehead atoms. The number of benzene rings is 4. The third-order valence-corrected chi connectivity index (χ3v) is 8.02. The molecule has 0 atom stereocenters. The highest BCUT2D eigenvalue weighted by atomic mass is 16.6. The lowest BCUT2D eigenvalue weighted by Crippen LogP contribution is -2.15. The van der Waals surface area contributed by atoms with E-state index < -0.39 is 0 Å². The second-order valence-electron chi connectivity index (χ2n) is 10.9. The molecule has 0 unspecified atom stereocenters. The van der Waals surface area contributed by atoms with Gasteiger partial charge < -0.3 is 9.47 Å². The molecule has 6 aromatic rings. The highest BCUT2D eigenvalue weighted by molar-refractivity contribution is 5.83. The monoisotopic (exact) mass is 531 g/mol. The van der Waals surface area contributed by atoms with E-state index in [1.54, 1.807) is 6.20 Å². The number of pyridine rings is 1. The number of hydrogen-bond acceptors (Lipinski definition) is 5. The number of rotatable bonds is 3. The van der Waals surface area contributed by atoms with Crippen molar-refractivity contribution in [2.24, 2.45) is 0 Å². The standard InChI is InChI=1S/C36H25N3O2/c1-36(2)26-13-7-6-12-24(26)25-19-33-34(20-27(25)36)40-31-16-15-23(18-32(31)41-33)30-21-29(22-10-4-3-5-11-22)38-35(39-30)28-14-8-9-17-37-28/h3-21H,1-2H3. The van der Waals surface area contributed by atoms with Crippen molar-refractivity contribution >= 4 is 0 Å². The summed E-state index contributed by atoms with van der Waals surface area (Å²) in [5.74, 6) is 3.34. The average Bonchev–Trinajstić information content (AvgIpc) is 3.25. The number of ether oxygens (including phenoxy) is 2. The molecule has 3 heterocycles. The van der Waals surface area contributed by atoms with Gasteiger partial charge >= 0.3 is 0 Å². The zero-order valence-electron chi connectivity index (χ0n) is 22.6. The minimum atomic E-state index is -0.108. The van der Waals surface area contributed by atoms with Gasteiger partial charge in [0.05, 0.1) is 11.4 Å². The maximum atomic E-state index is 6.50. The van der Waals surface area contributed by atoms with Crippen LogP contribution in [-0.2, 0) is 5.41 Å². The van der Waals surface area contributed by atoms with Gasteiger partial charge in [-0.3, -0.25) is 4.98 Å². The van der Waals surface area contributed by atoms with Gasteiger partial charge in [-0.15, -0.1) is 0 Å². The molecule has 8 rings (SSSR count). The lowest BCUT2D eigenvalue weighted by atomic mass is 9.82. The van der Waals surface area contributed by atoms with E-state index in [0.717, 1.165) is 34.0 Å². The molecule has 0 amide bonds. The predicted octanol–water partition coefficient (Wildman–Crippen LogP) is 9.08. The van der Waals surface area contributed by atoms with Crippen LogP contribution in [0, 0.1) is 0 Å². The highest BCUT2D eigenvalue weighted by Gasteiger charge is 2.37. The molecule has 1 aliphatic carbocycles. The topological polar surface area (TPSA) is 57.1 Å². The maximum absolute atomic E-state index is 6.50. The zero-order valence-corrected chi connectivity index (χ0v) is 22.6. The molecule has 5 nitrogen and oxygen atoms in total. The van der Waals surface area contributed by atoms with Crippen molar-refractivity contribution in [3.05, 3.63) is 127 Å². The highest BCUT2D eigenvalue weighted by Crippen LogP contribution is 2.55. The molecule has 0 spiro atoms. The third-order valence-electron chi connectivity index (χ3n) is 8.02. The fourth-order valence-corrected chi connectivity index (χ4v) is 5.90. The van der Waals surface area contributed by atoms with Crippen LogP contribution >= 0.6 is 0 Å². The van der Waals surface area contributed by atoms with Crippen LogP contribution in [0.2, 0.25) is 0 Å². The molecule has 196 valence electrons. The van der Waals surface area contributed by atoms with Gasteiger partial charge in [-0.1, -0.05) is 74.5 Å². The summed E-state index contributed by atoms with van der Waals surface area (Å²) in [6.07, 6.45) is 1.76. The summed E-state index contributed by atoms with van der Waals surface area (Å²) in [6.45, 7) is 4.53. The zero-order chi connectivity index (χ0) is 27.6. The van der Waals surface area contributed by atoms with Gasteiger partial charge in [-0.25, -0.2) is 9.97 Å². The number of fused-ring (bicyclic) bond motifs is 5. The fraction of sp³-hybridized carbons (Fsp3) is 0.0833. The fourth-order valence-electron chi connectivity index (χ4n) is 5.90. The van der Waals surface area contributed by atoms with Crippen LogP contribution in [0.5, 0.6) is 23.0 Å². The summed E-state index contributed by atoms with van der Waals surface area (Å²) in [6, 6.07) is 36.7. The van der Waals surface area contributed by atoms with E-state index in [9.17, 15) is 0 Å². The summed E-state index contributed by atoms with van der Waals surface area (Å²) in [5.41, 5.74) is 9.13. The molecule has 41 heavy (non-hydrogen) atoms. The van der Waals surface area contributed by atoms with Crippen LogP contribution in [0.3, 0.4) is 0 Å². The molecular formula is C36H25N3O2. The molecule has 4 aromatic carbocycles. The van der Waals surface area contributed by atoms with Gasteiger partial charge in [-0.05, 0) is 70.8 Å². The Bertz CT molecular complexity index is 1910. The first kappa shape index (κ1) is 23.6. The molecule has 0 N–H and O–H groups in total. The molecule has 0 fully saturated rings. The van der Waals surface area contributed by atoms with E-state index in [1.807, 2.05) is 72.8 Å². The minimum absolute atomic E-state index is 0.108. The largest absolute Gasteiger partial charge is 0.450 e.